The molecule has 2 rings (SSSR count). The standard InChI is InChI=1S/C14H16N2O2/c1-11(2)16-9-8-12(15-16)10-14(17)18-13-6-4-3-5-7-13/h3-9,11H,10H2,1-2H3. The predicted molar refractivity (Wildman–Crippen MR) is 68.4 cm³/mol. The van der Waals surface area contributed by atoms with E-state index >= 15 is 0 Å². The number of para-hydroxylation sites is 1. The fourth-order valence-corrected chi connectivity index (χ4v) is 1.56. The maximum absolute atomic E-state index is 11.7. The van der Waals surface area contributed by atoms with Crippen molar-refractivity contribution in [3.63, 3.8) is 0 Å². The molecule has 4 nitrogen and oxygen atoms in total. The minimum Gasteiger partial charge on any atom is -0.426 e. The van der Waals surface area contributed by atoms with Crippen molar-refractivity contribution in [1.82, 2.24) is 9.78 Å². The third-order valence-electron chi connectivity index (χ3n) is 2.49. The highest BCUT2D eigenvalue weighted by Gasteiger charge is 2.09. The zero-order chi connectivity index (χ0) is 13.0. The van der Waals surface area contributed by atoms with Crippen LogP contribution in [0, 0.1) is 0 Å². The molecular weight excluding hydrogens is 228 g/mol. The van der Waals surface area contributed by atoms with Gasteiger partial charge in [-0.3, -0.25) is 9.48 Å². The normalized spacial score (nSPS) is 10.6. The predicted octanol–water partition coefficient (Wildman–Crippen LogP) is 2.61. The first-order chi connectivity index (χ1) is 8.65. The van der Waals surface area contributed by atoms with Crippen LogP contribution in [-0.2, 0) is 11.2 Å². The zero-order valence-electron chi connectivity index (χ0n) is 10.5. The largest absolute Gasteiger partial charge is 0.426 e. The number of ether oxygens (including phenoxy) is 1. The Labute approximate surface area is 106 Å². The fraction of sp³-hybridized carbons (Fsp3) is 0.286. The van der Waals surface area contributed by atoms with E-state index in [1.54, 1.807) is 12.1 Å². The van der Waals surface area contributed by atoms with Crippen LogP contribution >= 0.6 is 0 Å². The van der Waals surface area contributed by atoms with E-state index in [0.29, 0.717) is 11.8 Å². The van der Waals surface area contributed by atoms with Crippen LogP contribution in [0.2, 0.25) is 0 Å². The molecule has 4 heteroatoms. The first-order valence-corrected chi connectivity index (χ1v) is 5.95. The Morgan fingerprint density at radius 3 is 2.61 bits per heavy atom. The lowest BCUT2D eigenvalue weighted by Gasteiger charge is -2.04. The second kappa shape index (κ2) is 5.49. The number of esters is 1. The summed E-state index contributed by atoms with van der Waals surface area (Å²) in [6.07, 6.45) is 2.06. The molecule has 0 aliphatic rings. The zero-order valence-corrected chi connectivity index (χ0v) is 10.5. The van der Waals surface area contributed by atoms with Gasteiger partial charge in [0.1, 0.15) is 5.75 Å². The molecule has 0 spiro atoms. The van der Waals surface area contributed by atoms with Crippen molar-refractivity contribution < 1.29 is 9.53 Å². The highest BCUT2D eigenvalue weighted by Crippen LogP contribution is 2.10. The average molecular weight is 244 g/mol. The van der Waals surface area contributed by atoms with Crippen molar-refractivity contribution in [2.45, 2.75) is 26.3 Å². The number of carbonyl (C=O) groups excluding carboxylic acids is 1. The molecule has 0 radical (unpaired) electrons. The Kier molecular flexibility index (Phi) is 3.77. The third-order valence-corrected chi connectivity index (χ3v) is 2.49. The second-order valence-corrected chi connectivity index (χ2v) is 4.34. The van der Waals surface area contributed by atoms with Crippen LogP contribution in [0.1, 0.15) is 25.6 Å². The number of carbonyl (C=O) groups is 1. The van der Waals surface area contributed by atoms with Gasteiger partial charge in [-0.2, -0.15) is 5.10 Å². The second-order valence-electron chi connectivity index (χ2n) is 4.34. The summed E-state index contributed by atoms with van der Waals surface area (Å²) in [6, 6.07) is 11.2. The van der Waals surface area contributed by atoms with E-state index < -0.39 is 0 Å². The lowest BCUT2D eigenvalue weighted by molar-refractivity contribution is -0.133. The molecule has 0 bridgehead atoms. The minimum absolute atomic E-state index is 0.189. The van der Waals surface area contributed by atoms with E-state index in [4.69, 9.17) is 4.74 Å². The van der Waals surface area contributed by atoms with Crippen molar-refractivity contribution >= 4 is 5.97 Å². The minimum atomic E-state index is -0.296. The average Bonchev–Trinajstić information content (AvgIpc) is 2.78. The highest BCUT2D eigenvalue weighted by molar-refractivity contribution is 5.74. The number of hydrogen-bond donors (Lipinski definition) is 0. The van der Waals surface area contributed by atoms with Crippen LogP contribution in [0.5, 0.6) is 5.75 Å². The van der Waals surface area contributed by atoms with Gasteiger partial charge in [-0.15, -0.1) is 0 Å². The van der Waals surface area contributed by atoms with Gasteiger partial charge >= 0.3 is 5.97 Å². The van der Waals surface area contributed by atoms with Crippen LogP contribution in [0.4, 0.5) is 0 Å². The molecule has 0 aliphatic carbocycles. The maximum Gasteiger partial charge on any atom is 0.317 e. The number of rotatable bonds is 4. The number of benzene rings is 1. The van der Waals surface area contributed by atoms with Gasteiger partial charge in [0.15, 0.2) is 0 Å². The molecule has 0 unspecified atom stereocenters. The van der Waals surface area contributed by atoms with Crippen LogP contribution in [-0.4, -0.2) is 15.7 Å². The molecule has 0 saturated carbocycles. The first-order valence-electron chi connectivity index (χ1n) is 5.95. The van der Waals surface area contributed by atoms with E-state index in [1.165, 1.54) is 0 Å². The van der Waals surface area contributed by atoms with E-state index in [1.807, 2.05) is 49.0 Å². The summed E-state index contributed by atoms with van der Waals surface area (Å²) in [6.45, 7) is 4.08. The van der Waals surface area contributed by atoms with Gasteiger partial charge in [0.05, 0.1) is 12.1 Å². The Bertz CT molecular complexity index is 518. The van der Waals surface area contributed by atoms with Crippen molar-refractivity contribution in [1.29, 1.82) is 0 Å². The Morgan fingerprint density at radius 2 is 2.00 bits per heavy atom. The maximum atomic E-state index is 11.7. The van der Waals surface area contributed by atoms with Crippen molar-refractivity contribution in [2.75, 3.05) is 0 Å². The smallest absolute Gasteiger partial charge is 0.317 e. The quantitative estimate of drug-likeness (QED) is 0.613. The van der Waals surface area contributed by atoms with Crippen LogP contribution in [0.25, 0.3) is 0 Å². The molecule has 0 aliphatic heterocycles. The summed E-state index contributed by atoms with van der Waals surface area (Å²) in [4.78, 5) is 11.7. The molecule has 0 N–H and O–H groups in total. The van der Waals surface area contributed by atoms with Gasteiger partial charge in [0, 0.05) is 12.2 Å². The molecule has 0 amide bonds. The molecule has 1 heterocycles. The molecule has 2 aromatic rings. The Balaban J connectivity index is 1.95. The van der Waals surface area contributed by atoms with E-state index in [9.17, 15) is 4.79 Å². The molecule has 94 valence electrons. The van der Waals surface area contributed by atoms with Crippen molar-refractivity contribution in [2.24, 2.45) is 0 Å². The first kappa shape index (κ1) is 12.4. The molecule has 0 saturated heterocycles. The fourth-order valence-electron chi connectivity index (χ4n) is 1.56. The third kappa shape index (κ3) is 3.20. The Hall–Kier alpha value is -2.10. The van der Waals surface area contributed by atoms with E-state index in [0.717, 1.165) is 5.69 Å². The van der Waals surface area contributed by atoms with Gasteiger partial charge in [-0.25, -0.2) is 0 Å². The van der Waals surface area contributed by atoms with Gasteiger partial charge in [0.25, 0.3) is 0 Å². The van der Waals surface area contributed by atoms with Gasteiger partial charge in [-0.1, -0.05) is 18.2 Å². The lowest BCUT2D eigenvalue weighted by atomic mass is 10.3. The monoisotopic (exact) mass is 244 g/mol. The van der Waals surface area contributed by atoms with Crippen LogP contribution in [0.3, 0.4) is 0 Å². The Morgan fingerprint density at radius 1 is 1.28 bits per heavy atom. The molecular formula is C14H16N2O2. The number of nitrogens with zero attached hydrogens (tertiary/aromatic N) is 2. The summed E-state index contributed by atoms with van der Waals surface area (Å²) in [5.74, 6) is 0.265. The lowest BCUT2D eigenvalue weighted by Crippen LogP contribution is -2.12. The highest BCUT2D eigenvalue weighted by atomic mass is 16.5. The molecule has 0 fully saturated rings. The van der Waals surface area contributed by atoms with E-state index in [2.05, 4.69) is 5.10 Å². The molecule has 0 atom stereocenters. The molecule has 1 aromatic heterocycles. The van der Waals surface area contributed by atoms with Crippen molar-refractivity contribution in [3.05, 3.63) is 48.3 Å². The van der Waals surface area contributed by atoms with Gasteiger partial charge < -0.3 is 4.74 Å². The summed E-state index contributed by atoms with van der Waals surface area (Å²) in [7, 11) is 0. The summed E-state index contributed by atoms with van der Waals surface area (Å²) < 4.78 is 7.02. The SMILES string of the molecule is CC(C)n1ccc(CC(=O)Oc2ccccc2)n1. The topological polar surface area (TPSA) is 44.1 Å². The van der Waals surface area contributed by atoms with Crippen LogP contribution < -0.4 is 4.74 Å². The molecule has 18 heavy (non-hydrogen) atoms. The van der Waals surface area contributed by atoms with Gasteiger partial charge in [0.2, 0.25) is 0 Å². The van der Waals surface area contributed by atoms with Gasteiger partial charge in [-0.05, 0) is 32.0 Å². The van der Waals surface area contributed by atoms with Crippen molar-refractivity contribution in [3.8, 4) is 5.75 Å². The number of hydrogen-bond acceptors (Lipinski definition) is 3. The molecule has 1 aromatic carbocycles. The van der Waals surface area contributed by atoms with Crippen LogP contribution in [0.15, 0.2) is 42.6 Å². The number of aromatic nitrogens is 2. The summed E-state index contributed by atoms with van der Waals surface area (Å²) >= 11 is 0. The summed E-state index contributed by atoms with van der Waals surface area (Å²) in [5.41, 5.74) is 0.727. The van der Waals surface area contributed by atoms with E-state index in [-0.39, 0.29) is 12.4 Å². The summed E-state index contributed by atoms with van der Waals surface area (Å²) in [5, 5.41) is 4.31.